The monoisotopic (exact) mass is 495 g/mol. The number of methoxy groups -OCH3 is 1. The highest BCUT2D eigenvalue weighted by atomic mass is 32.2. The number of hydrogen-bond donors (Lipinski definition) is 1. The zero-order chi connectivity index (χ0) is 24.6. The maximum absolute atomic E-state index is 13.0. The van der Waals surface area contributed by atoms with Crippen LogP contribution in [0.3, 0.4) is 0 Å². The molecule has 10 heteroatoms. The van der Waals surface area contributed by atoms with E-state index in [1.54, 1.807) is 40.3 Å². The number of nitrogens with zero attached hydrogens (tertiary/aromatic N) is 4. The molecule has 0 saturated carbocycles. The number of para-hydroxylation sites is 3. The third-order valence-corrected chi connectivity index (χ3v) is 8.81. The number of sulfonamides is 1. The zero-order valence-electron chi connectivity index (χ0n) is 19.8. The van der Waals surface area contributed by atoms with Crippen LogP contribution in [0.1, 0.15) is 25.3 Å². The van der Waals surface area contributed by atoms with Crippen LogP contribution in [0.15, 0.2) is 61.1 Å². The maximum Gasteiger partial charge on any atom is 0.323 e. The summed E-state index contributed by atoms with van der Waals surface area (Å²) >= 11 is 0. The van der Waals surface area contributed by atoms with Gasteiger partial charge in [-0.15, -0.1) is 0 Å². The maximum atomic E-state index is 13.0. The summed E-state index contributed by atoms with van der Waals surface area (Å²) in [5.74, 6) is 1.22. The zero-order valence-corrected chi connectivity index (χ0v) is 20.7. The van der Waals surface area contributed by atoms with Crippen LogP contribution in [-0.2, 0) is 15.4 Å². The van der Waals surface area contributed by atoms with Gasteiger partial charge in [0.25, 0.3) is 0 Å². The number of piperidine rings is 1. The third-order valence-electron chi connectivity index (χ3n) is 7.08. The Bertz CT molecular complexity index is 1350. The quantitative estimate of drug-likeness (QED) is 0.583. The molecular formula is C25H29N5O4S. The predicted octanol–water partition coefficient (Wildman–Crippen LogP) is 3.62. The summed E-state index contributed by atoms with van der Waals surface area (Å²) in [4.78, 5) is 19.1. The van der Waals surface area contributed by atoms with Crippen molar-refractivity contribution in [2.24, 2.45) is 0 Å². The molecule has 1 spiro atoms. The molecule has 3 heterocycles. The van der Waals surface area contributed by atoms with Gasteiger partial charge in [0.1, 0.15) is 12.1 Å². The standard InChI is InChI=1S/C25H29N5O4S/c1-3-35(32,33)30-17-25(19-8-4-5-9-20(19)30)12-14-28(15-13-25)24(31)27-23-16-29(18-26-23)21-10-6-7-11-22(21)34-2/h4-11,16,18H,3,12-15,17H2,1-2H3,(H,27,31). The Labute approximate surface area is 205 Å². The summed E-state index contributed by atoms with van der Waals surface area (Å²) in [6, 6.07) is 15.1. The Morgan fingerprint density at radius 3 is 2.49 bits per heavy atom. The van der Waals surface area contributed by atoms with E-state index in [1.807, 2.05) is 48.5 Å². The first kappa shape index (κ1) is 23.2. The molecule has 184 valence electrons. The minimum absolute atomic E-state index is 0.0629. The summed E-state index contributed by atoms with van der Waals surface area (Å²) in [6.45, 7) is 3.17. The molecule has 2 aliphatic heterocycles. The van der Waals surface area contributed by atoms with Crippen molar-refractivity contribution in [1.29, 1.82) is 0 Å². The van der Waals surface area contributed by atoms with Crippen molar-refractivity contribution in [3.8, 4) is 11.4 Å². The Kier molecular flexibility index (Phi) is 5.92. The molecule has 35 heavy (non-hydrogen) atoms. The van der Waals surface area contributed by atoms with Gasteiger partial charge in [-0.25, -0.2) is 18.2 Å². The minimum Gasteiger partial charge on any atom is -0.495 e. The molecule has 5 rings (SSSR count). The third kappa shape index (κ3) is 4.12. The highest BCUT2D eigenvalue weighted by Crippen LogP contribution is 2.48. The summed E-state index contributed by atoms with van der Waals surface area (Å²) < 4.78 is 34.3. The van der Waals surface area contributed by atoms with Crippen LogP contribution < -0.4 is 14.4 Å². The van der Waals surface area contributed by atoms with E-state index in [9.17, 15) is 13.2 Å². The lowest BCUT2D eigenvalue weighted by Crippen LogP contribution is -2.49. The first-order chi connectivity index (χ1) is 16.9. The van der Waals surface area contributed by atoms with Gasteiger partial charge in [0, 0.05) is 25.0 Å². The van der Waals surface area contributed by atoms with Gasteiger partial charge in [-0.1, -0.05) is 30.3 Å². The second-order valence-corrected chi connectivity index (χ2v) is 11.1. The van der Waals surface area contributed by atoms with E-state index in [0.717, 1.165) is 16.9 Å². The average molecular weight is 496 g/mol. The smallest absolute Gasteiger partial charge is 0.323 e. The fourth-order valence-corrected chi connectivity index (χ4v) is 6.32. The molecule has 1 N–H and O–H groups in total. The number of hydrogen-bond acceptors (Lipinski definition) is 5. The second kappa shape index (κ2) is 8.92. The molecular weight excluding hydrogens is 466 g/mol. The number of nitrogens with one attached hydrogen (secondary N) is 1. The highest BCUT2D eigenvalue weighted by molar-refractivity contribution is 7.92. The van der Waals surface area contributed by atoms with Crippen molar-refractivity contribution in [3.05, 3.63) is 66.6 Å². The van der Waals surface area contributed by atoms with Crippen LogP contribution in [-0.4, -0.2) is 61.4 Å². The number of carbonyl (C=O) groups is 1. The van der Waals surface area contributed by atoms with Crippen molar-refractivity contribution in [3.63, 3.8) is 0 Å². The van der Waals surface area contributed by atoms with Gasteiger partial charge in [-0.2, -0.15) is 0 Å². The van der Waals surface area contributed by atoms with Gasteiger partial charge in [-0.3, -0.25) is 9.62 Å². The van der Waals surface area contributed by atoms with Gasteiger partial charge < -0.3 is 14.2 Å². The Morgan fingerprint density at radius 2 is 1.77 bits per heavy atom. The summed E-state index contributed by atoms with van der Waals surface area (Å²) in [7, 11) is -1.75. The number of benzene rings is 2. The second-order valence-electron chi connectivity index (χ2n) is 8.96. The molecule has 0 bridgehead atoms. The number of fused-ring (bicyclic) bond motifs is 2. The minimum atomic E-state index is -3.36. The molecule has 1 fully saturated rings. The van der Waals surface area contributed by atoms with Crippen LogP contribution in [0.2, 0.25) is 0 Å². The number of imidazole rings is 1. The van der Waals surface area contributed by atoms with Crippen LogP contribution in [0.4, 0.5) is 16.3 Å². The number of likely N-dealkylation sites (tertiary alicyclic amines) is 1. The van der Waals surface area contributed by atoms with Gasteiger partial charge in [0.15, 0.2) is 5.82 Å². The molecule has 1 aromatic heterocycles. The lowest BCUT2D eigenvalue weighted by molar-refractivity contribution is 0.173. The molecule has 9 nitrogen and oxygen atoms in total. The summed E-state index contributed by atoms with van der Waals surface area (Å²) in [6.07, 6.45) is 4.78. The first-order valence-electron chi connectivity index (χ1n) is 11.7. The van der Waals surface area contributed by atoms with E-state index >= 15 is 0 Å². The van der Waals surface area contributed by atoms with Crippen molar-refractivity contribution < 1.29 is 17.9 Å². The van der Waals surface area contributed by atoms with E-state index in [1.165, 1.54) is 0 Å². The topological polar surface area (TPSA) is 96.8 Å². The van der Waals surface area contributed by atoms with Gasteiger partial charge in [0.05, 0.1) is 30.4 Å². The number of amides is 2. The molecule has 0 aliphatic carbocycles. The van der Waals surface area contributed by atoms with Crippen molar-refractivity contribution in [2.45, 2.75) is 25.2 Å². The molecule has 3 aromatic rings. The molecule has 2 aromatic carbocycles. The van der Waals surface area contributed by atoms with E-state index < -0.39 is 10.0 Å². The fraction of sp³-hybridized carbons (Fsp3) is 0.360. The molecule has 0 radical (unpaired) electrons. The number of ether oxygens (including phenoxy) is 1. The fourth-order valence-electron chi connectivity index (χ4n) is 5.10. The molecule has 2 amide bonds. The average Bonchev–Trinajstić information content (AvgIpc) is 3.48. The number of urea groups is 1. The number of aromatic nitrogens is 2. The highest BCUT2D eigenvalue weighted by Gasteiger charge is 2.47. The Morgan fingerprint density at radius 1 is 1.09 bits per heavy atom. The van der Waals surface area contributed by atoms with Crippen molar-refractivity contribution >= 4 is 27.6 Å². The van der Waals surface area contributed by atoms with Crippen LogP contribution >= 0.6 is 0 Å². The number of carbonyl (C=O) groups excluding carboxylic acids is 1. The van der Waals surface area contributed by atoms with E-state index in [4.69, 9.17) is 4.74 Å². The Balaban J connectivity index is 1.28. The van der Waals surface area contributed by atoms with Gasteiger partial charge >= 0.3 is 6.03 Å². The van der Waals surface area contributed by atoms with Crippen LogP contribution in [0, 0.1) is 0 Å². The molecule has 0 unspecified atom stereocenters. The van der Waals surface area contributed by atoms with Crippen LogP contribution in [0.5, 0.6) is 5.75 Å². The molecule has 1 saturated heterocycles. The first-order valence-corrected chi connectivity index (χ1v) is 13.3. The lowest BCUT2D eigenvalue weighted by Gasteiger charge is -2.39. The lowest BCUT2D eigenvalue weighted by atomic mass is 9.74. The van der Waals surface area contributed by atoms with Crippen LogP contribution in [0.25, 0.3) is 5.69 Å². The van der Waals surface area contributed by atoms with E-state index in [-0.39, 0.29) is 17.2 Å². The molecule has 0 atom stereocenters. The van der Waals surface area contributed by atoms with E-state index in [0.29, 0.717) is 44.0 Å². The SMILES string of the molecule is CCS(=O)(=O)N1CC2(CCN(C(=O)Nc3cn(-c4ccccc4OC)cn3)CC2)c2ccccc21. The predicted molar refractivity (Wildman–Crippen MR) is 135 cm³/mol. The molecule has 2 aliphatic rings. The Hall–Kier alpha value is -3.53. The van der Waals surface area contributed by atoms with Crippen molar-refractivity contribution in [2.75, 3.05) is 42.1 Å². The van der Waals surface area contributed by atoms with Gasteiger partial charge in [0.2, 0.25) is 10.0 Å². The largest absolute Gasteiger partial charge is 0.495 e. The normalized spacial score (nSPS) is 16.9. The summed E-state index contributed by atoms with van der Waals surface area (Å²) in [5, 5.41) is 2.89. The van der Waals surface area contributed by atoms with Crippen molar-refractivity contribution in [1.82, 2.24) is 14.5 Å². The van der Waals surface area contributed by atoms with Gasteiger partial charge in [-0.05, 0) is 43.5 Å². The van der Waals surface area contributed by atoms with E-state index in [2.05, 4.69) is 10.3 Å². The number of rotatable bonds is 5. The summed E-state index contributed by atoms with van der Waals surface area (Å²) in [5.41, 5.74) is 2.39. The number of anilines is 2.